The number of aliphatic hydroxyl groups excluding tert-OH is 1. The molecule has 6 heteroatoms. The maximum atomic E-state index is 10.2. The Morgan fingerprint density at radius 3 is 2.37 bits per heavy atom. The molecule has 1 aromatic heterocycles. The van der Waals surface area contributed by atoms with Crippen LogP contribution in [0.25, 0.3) is 0 Å². The lowest BCUT2D eigenvalue weighted by Gasteiger charge is -2.21. The van der Waals surface area contributed by atoms with Gasteiger partial charge >= 0.3 is 0 Å². The molecule has 1 heterocycles. The average molecular weight is 410 g/mol. The number of nitrogens with zero attached hydrogens (tertiary/aromatic N) is 3. The summed E-state index contributed by atoms with van der Waals surface area (Å²) in [6.07, 6.45) is -0.549. The van der Waals surface area contributed by atoms with E-state index in [0.717, 1.165) is 36.0 Å². The highest BCUT2D eigenvalue weighted by molar-refractivity contribution is 5.27. The molecule has 30 heavy (non-hydrogen) atoms. The smallest absolute Gasteiger partial charge is 0.119 e. The van der Waals surface area contributed by atoms with E-state index in [2.05, 4.69) is 35.1 Å². The van der Waals surface area contributed by atoms with Gasteiger partial charge in [0.15, 0.2) is 0 Å². The van der Waals surface area contributed by atoms with Crippen LogP contribution in [-0.2, 0) is 13.1 Å². The summed E-state index contributed by atoms with van der Waals surface area (Å²) < 4.78 is 13.4. The summed E-state index contributed by atoms with van der Waals surface area (Å²) in [4.78, 5) is 2.08. The monoisotopic (exact) mass is 409 g/mol. The Kier molecular flexibility index (Phi) is 7.88. The number of aryl methyl sites for hydroxylation is 2. The molecular formula is C24H31N3O3. The van der Waals surface area contributed by atoms with E-state index in [4.69, 9.17) is 9.47 Å². The van der Waals surface area contributed by atoms with E-state index < -0.39 is 6.10 Å². The van der Waals surface area contributed by atoms with Gasteiger partial charge in [0.25, 0.3) is 0 Å². The minimum Gasteiger partial charge on any atom is -0.492 e. The van der Waals surface area contributed by atoms with Crippen LogP contribution in [-0.4, -0.2) is 52.7 Å². The zero-order chi connectivity index (χ0) is 21.3. The van der Waals surface area contributed by atoms with Gasteiger partial charge in [0.2, 0.25) is 0 Å². The fourth-order valence-electron chi connectivity index (χ4n) is 3.34. The third-order valence-electron chi connectivity index (χ3n) is 4.76. The molecule has 3 rings (SSSR count). The van der Waals surface area contributed by atoms with Crippen molar-refractivity contribution >= 4 is 0 Å². The van der Waals surface area contributed by atoms with Crippen LogP contribution in [0.1, 0.15) is 17.0 Å². The first-order valence-corrected chi connectivity index (χ1v) is 10.3. The molecular weight excluding hydrogens is 378 g/mol. The molecule has 0 spiro atoms. The van der Waals surface area contributed by atoms with Crippen molar-refractivity contribution in [3.8, 4) is 11.5 Å². The quantitative estimate of drug-likeness (QED) is 0.526. The summed E-state index contributed by atoms with van der Waals surface area (Å²) in [6.45, 7) is 6.91. The first kappa shape index (κ1) is 21.9. The van der Waals surface area contributed by atoms with E-state index in [1.165, 1.54) is 5.56 Å². The van der Waals surface area contributed by atoms with Gasteiger partial charge in [-0.25, -0.2) is 0 Å². The number of aromatic nitrogens is 2. The number of aliphatic hydroxyl groups is 1. The minimum absolute atomic E-state index is 0.274. The molecule has 1 atom stereocenters. The Morgan fingerprint density at radius 1 is 1.00 bits per heavy atom. The predicted molar refractivity (Wildman–Crippen MR) is 118 cm³/mol. The van der Waals surface area contributed by atoms with E-state index in [-0.39, 0.29) is 6.61 Å². The van der Waals surface area contributed by atoms with Gasteiger partial charge in [0.05, 0.1) is 12.2 Å². The summed E-state index contributed by atoms with van der Waals surface area (Å²) >= 11 is 0. The van der Waals surface area contributed by atoms with Crippen molar-refractivity contribution in [3.05, 3.63) is 77.6 Å². The molecule has 1 N–H and O–H groups in total. The van der Waals surface area contributed by atoms with Crippen molar-refractivity contribution in [2.45, 2.75) is 33.0 Å². The fourth-order valence-corrected chi connectivity index (χ4v) is 3.34. The Bertz CT molecular complexity index is 894. The van der Waals surface area contributed by atoms with Crippen LogP contribution in [0, 0.1) is 13.8 Å². The highest BCUT2D eigenvalue weighted by atomic mass is 16.5. The number of hydrogen-bond donors (Lipinski definition) is 1. The fraction of sp³-hybridized carbons (Fsp3) is 0.375. The normalized spacial score (nSPS) is 12.2. The second-order valence-corrected chi connectivity index (χ2v) is 7.62. The third-order valence-corrected chi connectivity index (χ3v) is 4.76. The van der Waals surface area contributed by atoms with Gasteiger partial charge in [-0.3, -0.25) is 9.58 Å². The molecule has 0 saturated carbocycles. The van der Waals surface area contributed by atoms with E-state index in [1.807, 2.05) is 61.1 Å². The zero-order valence-corrected chi connectivity index (χ0v) is 18.0. The first-order valence-electron chi connectivity index (χ1n) is 10.3. The zero-order valence-electron chi connectivity index (χ0n) is 18.0. The first-order chi connectivity index (χ1) is 14.5. The van der Waals surface area contributed by atoms with Crippen LogP contribution in [0.15, 0.2) is 60.7 Å². The number of para-hydroxylation sites is 1. The summed E-state index contributed by atoms with van der Waals surface area (Å²) in [5, 5.41) is 14.7. The van der Waals surface area contributed by atoms with Crippen LogP contribution < -0.4 is 9.47 Å². The number of likely N-dealkylation sites (N-methyl/N-ethyl adjacent to an activating group) is 1. The molecule has 0 bridgehead atoms. The Balaban J connectivity index is 1.38. The van der Waals surface area contributed by atoms with Crippen molar-refractivity contribution in [3.63, 3.8) is 0 Å². The predicted octanol–water partition coefficient (Wildman–Crippen LogP) is 3.45. The largest absolute Gasteiger partial charge is 0.492 e. The molecule has 6 nitrogen and oxygen atoms in total. The summed E-state index contributed by atoms with van der Waals surface area (Å²) in [5.74, 6) is 1.62. The summed E-state index contributed by atoms with van der Waals surface area (Å²) in [5.41, 5.74) is 3.34. The third kappa shape index (κ3) is 6.90. The lowest BCUT2D eigenvalue weighted by Crippen LogP contribution is -2.32. The lowest BCUT2D eigenvalue weighted by atomic mass is 10.2. The van der Waals surface area contributed by atoms with E-state index >= 15 is 0 Å². The Labute approximate surface area is 178 Å². The molecule has 0 amide bonds. The molecule has 0 aliphatic carbocycles. The van der Waals surface area contributed by atoms with Crippen molar-refractivity contribution in [2.75, 3.05) is 26.8 Å². The molecule has 0 aliphatic heterocycles. The summed E-state index contributed by atoms with van der Waals surface area (Å²) in [7, 11) is 1.99. The van der Waals surface area contributed by atoms with Gasteiger partial charge in [-0.15, -0.1) is 0 Å². The Morgan fingerprint density at radius 2 is 1.70 bits per heavy atom. The molecule has 0 unspecified atom stereocenters. The highest BCUT2D eigenvalue weighted by Crippen LogP contribution is 2.14. The van der Waals surface area contributed by atoms with Gasteiger partial charge in [-0.1, -0.05) is 30.3 Å². The van der Waals surface area contributed by atoms with Gasteiger partial charge < -0.3 is 14.6 Å². The van der Waals surface area contributed by atoms with Crippen LogP contribution in [0.2, 0.25) is 0 Å². The lowest BCUT2D eigenvalue weighted by molar-refractivity contribution is 0.0744. The standard InChI is InChI=1S/C24H31N3O3/c1-19-15-20(2)27(25-19)13-14-29-24-11-9-21(10-12-24)16-26(3)17-22(28)18-30-23-7-5-4-6-8-23/h4-12,15,22,28H,13-14,16-18H2,1-3H3/t22-/m1/s1. The molecule has 0 radical (unpaired) electrons. The van der Waals surface area contributed by atoms with Crippen LogP contribution in [0.4, 0.5) is 0 Å². The number of benzene rings is 2. The summed E-state index contributed by atoms with van der Waals surface area (Å²) in [6, 6.07) is 19.7. The second kappa shape index (κ2) is 10.8. The topological polar surface area (TPSA) is 59.8 Å². The maximum Gasteiger partial charge on any atom is 0.119 e. The molecule has 0 saturated heterocycles. The number of hydrogen-bond acceptors (Lipinski definition) is 5. The van der Waals surface area contributed by atoms with Gasteiger partial charge in [0.1, 0.15) is 30.8 Å². The van der Waals surface area contributed by atoms with Gasteiger partial charge in [-0.05, 0) is 56.8 Å². The van der Waals surface area contributed by atoms with E-state index in [1.54, 1.807) is 0 Å². The molecule has 3 aromatic rings. The van der Waals surface area contributed by atoms with Crippen LogP contribution >= 0.6 is 0 Å². The van der Waals surface area contributed by atoms with Crippen LogP contribution in [0.3, 0.4) is 0 Å². The second-order valence-electron chi connectivity index (χ2n) is 7.62. The van der Waals surface area contributed by atoms with Gasteiger partial charge in [0, 0.05) is 18.8 Å². The molecule has 0 aliphatic rings. The number of rotatable bonds is 11. The van der Waals surface area contributed by atoms with Crippen molar-refractivity contribution in [1.82, 2.24) is 14.7 Å². The van der Waals surface area contributed by atoms with Gasteiger partial charge in [-0.2, -0.15) is 5.10 Å². The van der Waals surface area contributed by atoms with Crippen molar-refractivity contribution in [1.29, 1.82) is 0 Å². The van der Waals surface area contributed by atoms with Crippen molar-refractivity contribution in [2.24, 2.45) is 0 Å². The Hall–Kier alpha value is -2.83. The van der Waals surface area contributed by atoms with E-state index in [9.17, 15) is 5.11 Å². The minimum atomic E-state index is -0.549. The SMILES string of the molecule is Cc1cc(C)n(CCOc2ccc(CN(C)C[C@@H](O)COc3ccccc3)cc2)n1. The molecule has 0 fully saturated rings. The maximum absolute atomic E-state index is 10.2. The molecule has 160 valence electrons. The highest BCUT2D eigenvalue weighted by Gasteiger charge is 2.10. The van der Waals surface area contributed by atoms with E-state index in [0.29, 0.717) is 13.2 Å². The van der Waals surface area contributed by atoms with Crippen molar-refractivity contribution < 1.29 is 14.6 Å². The molecule has 2 aromatic carbocycles. The average Bonchev–Trinajstić information content (AvgIpc) is 3.05. The van der Waals surface area contributed by atoms with Crippen LogP contribution in [0.5, 0.6) is 11.5 Å². The number of ether oxygens (including phenoxy) is 2.